The standard InChI is InChI=1S/C44H44N4Si/c1-29-17-30(2)22-37(21-29)45-41-13-9-10-14-42(41)46(38-23-31(3)18-32(4)24-38)49(45)47(39-25-33(5)19-34(6)26-39)43-15-11-12-16-44(43)48(49)40-27-35(7)20-36(8)28-40/h9-28H,1-8H3. The Balaban J connectivity index is 1.61. The van der Waals surface area contributed by atoms with Gasteiger partial charge in [0.15, 0.2) is 0 Å². The highest BCUT2D eigenvalue weighted by Crippen LogP contribution is 2.62. The van der Waals surface area contributed by atoms with E-state index in [1.807, 2.05) is 0 Å². The third-order valence-corrected chi connectivity index (χ3v) is 14.2. The molecule has 0 aliphatic carbocycles. The molecule has 0 saturated heterocycles. The van der Waals surface area contributed by atoms with Gasteiger partial charge in [-0.3, -0.25) is 0 Å². The lowest BCUT2D eigenvalue weighted by Crippen LogP contribution is -2.76. The number of fused-ring (bicyclic) bond motifs is 2. The van der Waals surface area contributed by atoms with Crippen LogP contribution >= 0.6 is 0 Å². The predicted molar refractivity (Wildman–Crippen MR) is 211 cm³/mol. The number of benzene rings is 6. The van der Waals surface area contributed by atoms with Gasteiger partial charge in [-0.15, -0.1) is 0 Å². The quantitative estimate of drug-likeness (QED) is 0.175. The van der Waals surface area contributed by atoms with E-state index in [2.05, 4.69) is 195 Å². The van der Waals surface area contributed by atoms with E-state index < -0.39 is 8.72 Å². The van der Waals surface area contributed by atoms with E-state index in [4.69, 9.17) is 0 Å². The molecular weight excluding hydrogens is 613 g/mol. The van der Waals surface area contributed by atoms with Gasteiger partial charge < -0.3 is 18.3 Å². The molecule has 0 unspecified atom stereocenters. The Morgan fingerprint density at radius 3 is 0.653 bits per heavy atom. The molecule has 4 nitrogen and oxygen atoms in total. The van der Waals surface area contributed by atoms with Crippen LogP contribution in [0.15, 0.2) is 121 Å². The second-order valence-corrected chi connectivity index (χ2v) is 17.3. The Bertz CT molecular complexity index is 1870. The Morgan fingerprint density at radius 1 is 0.286 bits per heavy atom. The van der Waals surface area contributed by atoms with Gasteiger partial charge in [0, 0.05) is 22.7 Å². The van der Waals surface area contributed by atoms with Gasteiger partial charge >= 0.3 is 8.72 Å². The monoisotopic (exact) mass is 656 g/mol. The van der Waals surface area contributed by atoms with Gasteiger partial charge in [-0.2, -0.15) is 0 Å². The summed E-state index contributed by atoms with van der Waals surface area (Å²) in [6.45, 7) is 17.8. The predicted octanol–water partition coefficient (Wildman–Crippen LogP) is 11.9. The molecule has 1 spiro atoms. The van der Waals surface area contributed by atoms with Gasteiger partial charge in [0.2, 0.25) is 0 Å². The van der Waals surface area contributed by atoms with Gasteiger partial charge in [-0.05, 0) is 173 Å². The SMILES string of the molecule is Cc1cc(C)cc(N2c3ccccc3N(c3cc(C)cc(C)c3)[Si]23N(c2cc(C)cc(C)c2)c2ccccc2N3c2cc(C)cc(C)c2)c1. The second kappa shape index (κ2) is 11.4. The summed E-state index contributed by atoms with van der Waals surface area (Å²) < 4.78 is 10.9. The van der Waals surface area contributed by atoms with Crippen LogP contribution in [-0.2, 0) is 0 Å². The molecule has 0 radical (unpaired) electrons. The zero-order valence-electron chi connectivity index (χ0n) is 29.8. The van der Waals surface area contributed by atoms with Crippen LogP contribution in [-0.4, -0.2) is 8.72 Å². The molecule has 244 valence electrons. The highest BCUT2D eigenvalue weighted by molar-refractivity contribution is 6.99. The molecule has 2 aliphatic rings. The highest BCUT2D eigenvalue weighted by Gasteiger charge is 2.69. The molecular formula is C44H44N4Si. The van der Waals surface area contributed by atoms with Crippen molar-refractivity contribution in [3.05, 3.63) is 166 Å². The number of rotatable bonds is 4. The molecule has 6 aromatic rings. The third-order valence-electron chi connectivity index (χ3n) is 9.79. The summed E-state index contributed by atoms with van der Waals surface area (Å²) in [6.07, 6.45) is 0. The van der Waals surface area contributed by atoms with Crippen LogP contribution < -0.4 is 18.3 Å². The first-order valence-electron chi connectivity index (χ1n) is 17.3. The van der Waals surface area contributed by atoms with E-state index in [1.165, 1.54) is 90.0 Å². The number of aryl methyl sites for hydroxylation is 8. The minimum absolute atomic E-state index is 1.21. The van der Waals surface area contributed by atoms with E-state index in [1.54, 1.807) is 0 Å². The van der Waals surface area contributed by atoms with Crippen molar-refractivity contribution >= 4 is 54.2 Å². The van der Waals surface area contributed by atoms with E-state index in [0.29, 0.717) is 0 Å². The summed E-state index contributed by atoms with van der Waals surface area (Å²) in [4.78, 5) is 0. The van der Waals surface area contributed by atoms with Gasteiger partial charge in [-0.25, -0.2) is 0 Å². The fourth-order valence-corrected chi connectivity index (χ4v) is 13.7. The lowest BCUT2D eigenvalue weighted by atomic mass is 10.1. The topological polar surface area (TPSA) is 13.0 Å². The van der Waals surface area contributed by atoms with Crippen molar-refractivity contribution < 1.29 is 0 Å². The fraction of sp³-hybridized carbons (Fsp3) is 0.182. The minimum atomic E-state index is -3.41. The van der Waals surface area contributed by atoms with Gasteiger partial charge in [0.25, 0.3) is 0 Å². The van der Waals surface area contributed by atoms with Crippen LogP contribution in [0.25, 0.3) is 0 Å². The zero-order chi connectivity index (χ0) is 34.2. The minimum Gasteiger partial charge on any atom is -0.314 e. The fourth-order valence-electron chi connectivity index (χ4n) is 8.50. The third kappa shape index (κ3) is 4.87. The first kappa shape index (κ1) is 31.0. The molecule has 49 heavy (non-hydrogen) atoms. The maximum atomic E-state index is 2.73. The smallest absolute Gasteiger partial charge is 0.314 e. The molecule has 5 heteroatoms. The second-order valence-electron chi connectivity index (χ2n) is 14.3. The average Bonchev–Trinajstić information content (AvgIpc) is 3.48. The number of hydrogen-bond acceptors (Lipinski definition) is 4. The summed E-state index contributed by atoms with van der Waals surface area (Å²) in [7, 11) is -3.41. The van der Waals surface area contributed by atoms with Crippen LogP contribution in [0.4, 0.5) is 45.5 Å². The Kier molecular flexibility index (Phi) is 7.23. The lowest BCUT2D eigenvalue weighted by Gasteiger charge is -2.50. The van der Waals surface area contributed by atoms with Crippen LogP contribution in [0.5, 0.6) is 0 Å². The number of para-hydroxylation sites is 4. The largest absolute Gasteiger partial charge is 0.521 e. The van der Waals surface area contributed by atoms with Crippen LogP contribution in [0, 0.1) is 55.4 Å². The molecule has 0 amide bonds. The van der Waals surface area contributed by atoms with E-state index in [9.17, 15) is 0 Å². The molecule has 0 aromatic heterocycles. The van der Waals surface area contributed by atoms with Crippen molar-refractivity contribution in [3.8, 4) is 0 Å². The van der Waals surface area contributed by atoms with Gasteiger partial charge in [0.05, 0.1) is 22.7 Å². The lowest BCUT2D eigenvalue weighted by molar-refractivity contribution is 1.16. The summed E-state index contributed by atoms with van der Waals surface area (Å²) >= 11 is 0. The van der Waals surface area contributed by atoms with Crippen LogP contribution in [0.1, 0.15) is 44.5 Å². The number of anilines is 8. The molecule has 0 N–H and O–H groups in total. The van der Waals surface area contributed by atoms with E-state index in [0.717, 1.165) is 0 Å². The van der Waals surface area contributed by atoms with Crippen molar-refractivity contribution in [1.82, 2.24) is 0 Å². The molecule has 2 heterocycles. The van der Waals surface area contributed by atoms with Gasteiger partial charge in [0.1, 0.15) is 0 Å². The van der Waals surface area contributed by atoms with Crippen LogP contribution in [0.2, 0.25) is 0 Å². The van der Waals surface area contributed by atoms with Crippen molar-refractivity contribution in [2.75, 3.05) is 18.3 Å². The summed E-state index contributed by atoms with van der Waals surface area (Å²) in [5.74, 6) is 0. The summed E-state index contributed by atoms with van der Waals surface area (Å²) in [6, 6.07) is 46.3. The maximum absolute atomic E-state index is 3.41. The average molecular weight is 657 g/mol. The molecule has 0 fully saturated rings. The van der Waals surface area contributed by atoms with E-state index >= 15 is 0 Å². The molecule has 0 saturated carbocycles. The molecule has 8 rings (SSSR count). The number of hydrogen-bond donors (Lipinski definition) is 0. The van der Waals surface area contributed by atoms with Crippen molar-refractivity contribution in [3.63, 3.8) is 0 Å². The molecule has 2 aliphatic heterocycles. The Labute approximate surface area is 292 Å². The van der Waals surface area contributed by atoms with Gasteiger partial charge in [-0.1, -0.05) is 48.5 Å². The maximum Gasteiger partial charge on any atom is 0.521 e. The van der Waals surface area contributed by atoms with Crippen molar-refractivity contribution in [2.24, 2.45) is 0 Å². The summed E-state index contributed by atoms with van der Waals surface area (Å²) in [5.41, 5.74) is 19.8. The molecule has 6 aromatic carbocycles. The summed E-state index contributed by atoms with van der Waals surface area (Å²) in [5, 5.41) is 0. The van der Waals surface area contributed by atoms with Crippen LogP contribution in [0.3, 0.4) is 0 Å². The first-order valence-corrected chi connectivity index (χ1v) is 19.1. The molecule has 0 atom stereocenters. The first-order chi connectivity index (χ1) is 23.5. The highest BCUT2D eigenvalue weighted by atomic mass is 28.4. The van der Waals surface area contributed by atoms with E-state index in [-0.39, 0.29) is 0 Å². The Hall–Kier alpha value is -5.26. The zero-order valence-corrected chi connectivity index (χ0v) is 30.8. The van der Waals surface area contributed by atoms with Crippen molar-refractivity contribution in [2.45, 2.75) is 55.4 Å². The molecule has 0 bridgehead atoms. The number of nitrogens with zero attached hydrogens (tertiary/aromatic N) is 4. The van der Waals surface area contributed by atoms with Crippen molar-refractivity contribution in [1.29, 1.82) is 0 Å². The Morgan fingerprint density at radius 2 is 0.469 bits per heavy atom. The normalized spacial score (nSPS) is 14.5.